The van der Waals surface area contributed by atoms with Crippen LogP contribution in [0.15, 0.2) is 0 Å². The average Bonchev–Trinajstić information content (AvgIpc) is 1.98. The lowest BCUT2D eigenvalue weighted by Crippen LogP contribution is -2.34. The minimum Gasteiger partial charge on any atom is -0.770 e. The Morgan fingerprint density at radius 2 is 1.44 bits per heavy atom. The maximum Gasteiger partial charge on any atom is 0.0249 e. The van der Waals surface area contributed by atoms with Gasteiger partial charge in [0.25, 0.3) is 0 Å². The molecule has 0 aromatic carbocycles. The highest BCUT2D eigenvalue weighted by Crippen LogP contribution is 2.12. The number of hydrazine groups is 2. The smallest absolute Gasteiger partial charge is 0.0249 e. The van der Waals surface area contributed by atoms with E-state index >= 15 is 0 Å². The number of rotatable bonds is 0. The molecule has 9 heavy (non-hydrogen) atoms. The Labute approximate surface area is 53.3 Å². The molecule has 0 amide bonds. The van der Waals surface area contributed by atoms with E-state index in [0.717, 1.165) is 0 Å². The Morgan fingerprint density at radius 3 is 1.56 bits per heavy atom. The van der Waals surface area contributed by atoms with Crippen molar-refractivity contribution < 1.29 is 0 Å². The summed E-state index contributed by atoms with van der Waals surface area (Å²) >= 11 is 0. The first-order chi connectivity index (χ1) is 4.13. The summed E-state index contributed by atoms with van der Waals surface area (Å²) in [6.45, 7) is 3.39. The van der Waals surface area contributed by atoms with Crippen LogP contribution in [0, 0.1) is 10.4 Å². The van der Waals surface area contributed by atoms with Gasteiger partial charge in [-0.05, 0) is 13.8 Å². The summed E-state index contributed by atoms with van der Waals surface area (Å²) in [5.74, 6) is 0. The summed E-state index contributed by atoms with van der Waals surface area (Å²) in [6.07, 6.45) is 0. The fourth-order valence-electron chi connectivity index (χ4n) is 0.671. The first-order valence-electron chi connectivity index (χ1n) is 2.82. The summed E-state index contributed by atoms with van der Waals surface area (Å²) in [5.41, 5.74) is 2.07. The van der Waals surface area contributed by atoms with Crippen LogP contribution in [-0.2, 0) is 0 Å². The van der Waals surface area contributed by atoms with Crippen molar-refractivity contribution in [3.8, 4) is 0 Å². The molecular formula is C4H9N3O2-2. The number of nitrogens with one attached hydrogen (secondary N) is 1. The topological polar surface area (TPSA) is 64.6 Å². The standard InChI is InChI=1S/C4H9N3O2/c1-3-4(2)7(9)5-6(3)8/h3-5H,1-2H3/q-2. The molecular weight excluding hydrogens is 122 g/mol. The number of nitrogens with zero attached hydrogens (tertiary/aromatic N) is 2. The molecule has 1 aliphatic heterocycles. The fraction of sp³-hybridized carbons (Fsp3) is 1.00. The highest BCUT2D eigenvalue weighted by molar-refractivity contribution is 4.82. The summed E-state index contributed by atoms with van der Waals surface area (Å²) in [6, 6.07) is -0.523. The molecule has 0 aliphatic carbocycles. The van der Waals surface area contributed by atoms with Gasteiger partial charge in [-0.2, -0.15) is 0 Å². The van der Waals surface area contributed by atoms with Gasteiger partial charge < -0.3 is 20.8 Å². The van der Waals surface area contributed by atoms with Crippen molar-refractivity contribution in [3.05, 3.63) is 10.4 Å². The van der Waals surface area contributed by atoms with Crippen LogP contribution < -0.4 is 5.53 Å². The van der Waals surface area contributed by atoms with E-state index in [1.165, 1.54) is 0 Å². The molecule has 1 heterocycles. The normalized spacial score (nSPS) is 40.0. The second-order valence-electron chi connectivity index (χ2n) is 2.23. The van der Waals surface area contributed by atoms with Crippen LogP contribution in [0.5, 0.6) is 0 Å². The van der Waals surface area contributed by atoms with E-state index in [1.807, 2.05) is 0 Å². The van der Waals surface area contributed by atoms with Gasteiger partial charge in [0.05, 0.1) is 0 Å². The van der Waals surface area contributed by atoms with E-state index in [2.05, 4.69) is 5.53 Å². The Kier molecular flexibility index (Phi) is 1.69. The molecule has 0 aromatic rings. The first-order valence-corrected chi connectivity index (χ1v) is 2.82. The Balaban J connectivity index is 2.54. The zero-order valence-corrected chi connectivity index (χ0v) is 5.37. The van der Waals surface area contributed by atoms with Crippen LogP contribution in [0.1, 0.15) is 13.8 Å². The van der Waals surface area contributed by atoms with Crippen molar-refractivity contribution in [2.75, 3.05) is 0 Å². The molecule has 0 radical (unpaired) electrons. The molecule has 1 saturated heterocycles. The molecule has 2 unspecified atom stereocenters. The number of hydroxylamine groups is 2. The zero-order valence-electron chi connectivity index (χ0n) is 5.37. The van der Waals surface area contributed by atoms with Gasteiger partial charge in [-0.3, -0.25) is 0 Å². The molecule has 5 nitrogen and oxygen atoms in total. The maximum absolute atomic E-state index is 10.6. The third-order valence-electron chi connectivity index (χ3n) is 1.64. The number of hydrogen-bond acceptors (Lipinski definition) is 5. The molecule has 54 valence electrons. The van der Waals surface area contributed by atoms with Crippen LogP contribution in [0.25, 0.3) is 0 Å². The zero-order chi connectivity index (χ0) is 7.02. The van der Waals surface area contributed by atoms with Gasteiger partial charge in [0.1, 0.15) is 0 Å². The van der Waals surface area contributed by atoms with Crippen LogP contribution >= 0.6 is 0 Å². The molecule has 1 fully saturated rings. The van der Waals surface area contributed by atoms with Gasteiger partial charge in [-0.25, -0.2) is 5.53 Å². The van der Waals surface area contributed by atoms with Gasteiger partial charge in [0.15, 0.2) is 0 Å². The average molecular weight is 131 g/mol. The van der Waals surface area contributed by atoms with Gasteiger partial charge in [0, 0.05) is 12.1 Å². The minimum atomic E-state index is -0.262. The molecule has 0 aromatic heterocycles. The van der Waals surface area contributed by atoms with Crippen molar-refractivity contribution in [3.63, 3.8) is 0 Å². The lowest BCUT2D eigenvalue weighted by atomic mass is 10.2. The van der Waals surface area contributed by atoms with E-state index < -0.39 is 0 Å². The highest BCUT2D eigenvalue weighted by atomic mass is 16.6. The summed E-state index contributed by atoms with van der Waals surface area (Å²) in [4.78, 5) is 0. The quantitative estimate of drug-likeness (QED) is 0.493. The first kappa shape index (κ1) is 6.91. The molecule has 0 saturated carbocycles. The van der Waals surface area contributed by atoms with Gasteiger partial charge in [0.2, 0.25) is 0 Å². The molecule has 5 heteroatoms. The van der Waals surface area contributed by atoms with E-state index in [4.69, 9.17) is 0 Å². The summed E-state index contributed by atoms with van der Waals surface area (Å²) in [7, 11) is 0. The second kappa shape index (κ2) is 2.20. The Hall–Kier alpha value is -0.200. The summed E-state index contributed by atoms with van der Waals surface area (Å²) in [5, 5.41) is 22.2. The largest absolute Gasteiger partial charge is 0.770 e. The molecule has 1 rings (SSSR count). The number of hydrogen-bond donors (Lipinski definition) is 1. The minimum absolute atomic E-state index is 0.262. The van der Waals surface area contributed by atoms with Crippen molar-refractivity contribution in [1.29, 1.82) is 0 Å². The van der Waals surface area contributed by atoms with Gasteiger partial charge in [-0.15, -0.1) is 0 Å². The Morgan fingerprint density at radius 1 is 1.11 bits per heavy atom. The van der Waals surface area contributed by atoms with Crippen molar-refractivity contribution in [1.82, 2.24) is 15.9 Å². The Bertz CT molecular complexity index is 98.0. The van der Waals surface area contributed by atoms with E-state index in [-0.39, 0.29) is 12.1 Å². The van der Waals surface area contributed by atoms with Crippen molar-refractivity contribution in [2.24, 2.45) is 0 Å². The highest BCUT2D eigenvalue weighted by Gasteiger charge is 2.21. The van der Waals surface area contributed by atoms with Gasteiger partial charge in [-0.1, -0.05) is 0 Å². The van der Waals surface area contributed by atoms with Crippen LogP contribution in [-0.4, -0.2) is 22.4 Å². The van der Waals surface area contributed by atoms with Crippen molar-refractivity contribution >= 4 is 0 Å². The molecule has 0 spiro atoms. The SMILES string of the molecule is CC1C(C)N([O-])NN1[O-]. The molecule has 1 aliphatic rings. The summed E-state index contributed by atoms with van der Waals surface area (Å²) < 4.78 is 0. The fourth-order valence-corrected chi connectivity index (χ4v) is 0.671. The third-order valence-corrected chi connectivity index (χ3v) is 1.64. The van der Waals surface area contributed by atoms with E-state index in [1.54, 1.807) is 13.8 Å². The van der Waals surface area contributed by atoms with Crippen molar-refractivity contribution in [2.45, 2.75) is 25.9 Å². The second-order valence-corrected chi connectivity index (χ2v) is 2.23. The monoisotopic (exact) mass is 131 g/mol. The van der Waals surface area contributed by atoms with Gasteiger partial charge >= 0.3 is 0 Å². The lowest BCUT2D eigenvalue weighted by Gasteiger charge is -2.28. The predicted octanol–water partition coefficient (Wildman–Crippen LogP) is -0.204. The third kappa shape index (κ3) is 1.05. The lowest BCUT2D eigenvalue weighted by molar-refractivity contribution is 0.193. The van der Waals surface area contributed by atoms with E-state index in [0.29, 0.717) is 10.3 Å². The maximum atomic E-state index is 10.6. The predicted molar refractivity (Wildman–Crippen MR) is 32.5 cm³/mol. The molecule has 1 N–H and O–H groups in total. The molecule has 0 bridgehead atoms. The molecule has 2 atom stereocenters. The van der Waals surface area contributed by atoms with Crippen LogP contribution in [0.2, 0.25) is 0 Å². The van der Waals surface area contributed by atoms with E-state index in [9.17, 15) is 10.4 Å². The van der Waals surface area contributed by atoms with Crippen LogP contribution in [0.4, 0.5) is 0 Å². The van der Waals surface area contributed by atoms with Crippen LogP contribution in [0.3, 0.4) is 0 Å².